The first-order chi connectivity index (χ1) is 7.65. The summed E-state index contributed by atoms with van der Waals surface area (Å²) in [6, 6.07) is 5.27. The first kappa shape index (κ1) is 11.0. The highest BCUT2D eigenvalue weighted by Gasteiger charge is 2.17. The highest BCUT2D eigenvalue weighted by Crippen LogP contribution is 2.33. The van der Waals surface area contributed by atoms with Gasteiger partial charge in [0, 0.05) is 16.6 Å². The van der Waals surface area contributed by atoms with Crippen LogP contribution < -0.4 is 5.73 Å². The summed E-state index contributed by atoms with van der Waals surface area (Å²) in [5, 5.41) is 20.5. The van der Waals surface area contributed by atoms with Crippen LogP contribution in [0.4, 0.5) is 0 Å². The lowest BCUT2D eigenvalue weighted by Crippen LogP contribution is -2.07. The number of H-pyrrole nitrogens is 1. The number of phenolic OH excluding ortho intramolecular Hbond substituents is 1. The second-order valence-corrected chi connectivity index (χ2v) is 3.96. The number of aliphatic hydroxyl groups is 1. The summed E-state index contributed by atoms with van der Waals surface area (Å²) in [6.07, 6.45) is -0.0655. The molecule has 0 saturated carbocycles. The smallest absolute Gasteiger partial charge is 0.139 e. The van der Waals surface area contributed by atoms with Crippen LogP contribution in [0.15, 0.2) is 18.2 Å². The highest BCUT2D eigenvalue weighted by atomic mass is 16.3. The fourth-order valence-electron chi connectivity index (χ4n) is 2.08. The van der Waals surface area contributed by atoms with E-state index in [4.69, 9.17) is 5.73 Å². The summed E-state index contributed by atoms with van der Waals surface area (Å²) in [7, 11) is 0. The van der Waals surface area contributed by atoms with E-state index in [0.717, 1.165) is 16.6 Å². The van der Waals surface area contributed by atoms with Crippen LogP contribution >= 0.6 is 0 Å². The summed E-state index contributed by atoms with van der Waals surface area (Å²) >= 11 is 0. The van der Waals surface area contributed by atoms with Crippen LogP contribution in [0.25, 0.3) is 10.9 Å². The number of rotatable bonds is 3. The molecule has 0 aliphatic heterocycles. The fourth-order valence-corrected chi connectivity index (χ4v) is 2.08. The molecule has 4 heteroatoms. The molecule has 0 amide bonds. The van der Waals surface area contributed by atoms with Gasteiger partial charge in [-0.1, -0.05) is 12.1 Å². The number of para-hydroxylation sites is 1. The van der Waals surface area contributed by atoms with Gasteiger partial charge in [0.2, 0.25) is 0 Å². The molecule has 0 saturated heterocycles. The Morgan fingerprint density at radius 2 is 2.19 bits per heavy atom. The van der Waals surface area contributed by atoms with Gasteiger partial charge in [0.1, 0.15) is 5.75 Å². The summed E-state index contributed by atoms with van der Waals surface area (Å²) in [6.45, 7) is 2.32. The Morgan fingerprint density at radius 3 is 2.88 bits per heavy atom. The molecule has 4 nitrogen and oxygen atoms in total. The number of aromatic amines is 1. The SMILES string of the molecule is Cc1[nH]c2c(O)cccc2c1C(O)CCN. The van der Waals surface area contributed by atoms with Crippen molar-refractivity contribution in [1.29, 1.82) is 0 Å². The number of phenols is 1. The van der Waals surface area contributed by atoms with E-state index in [1.165, 1.54) is 0 Å². The number of aliphatic hydroxyl groups excluding tert-OH is 1. The van der Waals surface area contributed by atoms with Gasteiger partial charge in [0.25, 0.3) is 0 Å². The number of aromatic nitrogens is 1. The van der Waals surface area contributed by atoms with Crippen LogP contribution in [0, 0.1) is 6.92 Å². The van der Waals surface area contributed by atoms with Crippen LogP contribution in [0.1, 0.15) is 23.8 Å². The van der Waals surface area contributed by atoms with Gasteiger partial charge in [-0.2, -0.15) is 0 Å². The molecule has 2 rings (SSSR count). The van der Waals surface area contributed by atoms with Crippen LogP contribution in [0.3, 0.4) is 0 Å². The number of benzene rings is 1. The second kappa shape index (κ2) is 4.15. The molecule has 0 aliphatic rings. The molecule has 2 aromatic rings. The third-order valence-electron chi connectivity index (χ3n) is 2.82. The van der Waals surface area contributed by atoms with Crippen molar-refractivity contribution in [3.63, 3.8) is 0 Å². The topological polar surface area (TPSA) is 82.3 Å². The Labute approximate surface area is 93.7 Å². The van der Waals surface area contributed by atoms with E-state index in [1.54, 1.807) is 12.1 Å². The van der Waals surface area contributed by atoms with E-state index in [2.05, 4.69) is 4.98 Å². The largest absolute Gasteiger partial charge is 0.506 e. The first-order valence-electron chi connectivity index (χ1n) is 5.33. The Bertz CT molecular complexity index is 505. The minimum absolute atomic E-state index is 0.201. The average Bonchev–Trinajstić information content (AvgIpc) is 2.56. The Kier molecular flexibility index (Phi) is 2.85. The Morgan fingerprint density at radius 1 is 1.44 bits per heavy atom. The minimum atomic E-state index is -0.583. The van der Waals surface area contributed by atoms with Crippen LogP contribution in [0.5, 0.6) is 5.75 Å². The summed E-state index contributed by atoms with van der Waals surface area (Å²) in [5.41, 5.74) is 7.81. The molecule has 1 atom stereocenters. The predicted octanol–water partition coefficient (Wildman–Crippen LogP) is 1.56. The van der Waals surface area contributed by atoms with E-state index >= 15 is 0 Å². The van der Waals surface area contributed by atoms with Crippen LogP contribution in [0.2, 0.25) is 0 Å². The molecule has 5 N–H and O–H groups in total. The lowest BCUT2D eigenvalue weighted by atomic mass is 10.0. The number of nitrogens with one attached hydrogen (secondary N) is 1. The lowest BCUT2D eigenvalue weighted by Gasteiger charge is -2.09. The van der Waals surface area contributed by atoms with Gasteiger partial charge in [-0.25, -0.2) is 0 Å². The van der Waals surface area contributed by atoms with Gasteiger partial charge < -0.3 is 20.9 Å². The number of aromatic hydroxyl groups is 1. The first-order valence-corrected chi connectivity index (χ1v) is 5.33. The minimum Gasteiger partial charge on any atom is -0.506 e. The number of hydrogen-bond acceptors (Lipinski definition) is 3. The third kappa shape index (κ3) is 1.66. The maximum Gasteiger partial charge on any atom is 0.139 e. The van der Waals surface area contributed by atoms with Gasteiger partial charge in [0.15, 0.2) is 0 Å². The molecule has 16 heavy (non-hydrogen) atoms. The maximum atomic E-state index is 10.00. The molecular weight excluding hydrogens is 204 g/mol. The molecule has 1 aromatic heterocycles. The second-order valence-electron chi connectivity index (χ2n) is 3.96. The Balaban J connectivity index is 2.60. The van der Waals surface area contributed by atoms with E-state index < -0.39 is 6.10 Å². The molecule has 1 aromatic carbocycles. The zero-order chi connectivity index (χ0) is 11.7. The molecule has 0 spiro atoms. The van der Waals surface area contributed by atoms with Crippen molar-refractivity contribution in [2.45, 2.75) is 19.4 Å². The molecule has 1 unspecified atom stereocenters. The monoisotopic (exact) mass is 220 g/mol. The summed E-state index contributed by atoms with van der Waals surface area (Å²) < 4.78 is 0. The predicted molar refractivity (Wildman–Crippen MR) is 63.3 cm³/mol. The van der Waals surface area contributed by atoms with Crippen molar-refractivity contribution in [2.75, 3.05) is 6.54 Å². The average molecular weight is 220 g/mol. The molecular formula is C12H16N2O2. The zero-order valence-electron chi connectivity index (χ0n) is 9.20. The van der Waals surface area contributed by atoms with Gasteiger partial charge in [-0.15, -0.1) is 0 Å². The number of aryl methyl sites for hydroxylation is 1. The summed E-state index contributed by atoms with van der Waals surface area (Å²) in [4.78, 5) is 3.08. The Hall–Kier alpha value is -1.52. The van der Waals surface area contributed by atoms with Gasteiger partial charge in [-0.05, 0) is 26.0 Å². The van der Waals surface area contributed by atoms with Gasteiger partial charge in [0.05, 0.1) is 11.6 Å². The fraction of sp³-hybridized carbons (Fsp3) is 0.333. The third-order valence-corrected chi connectivity index (χ3v) is 2.82. The zero-order valence-corrected chi connectivity index (χ0v) is 9.20. The van der Waals surface area contributed by atoms with Crippen molar-refractivity contribution in [3.05, 3.63) is 29.5 Å². The van der Waals surface area contributed by atoms with Crippen LogP contribution in [-0.2, 0) is 0 Å². The normalized spacial score (nSPS) is 13.2. The molecule has 0 bridgehead atoms. The van der Waals surface area contributed by atoms with E-state index in [1.807, 2.05) is 13.0 Å². The van der Waals surface area contributed by atoms with Crippen LogP contribution in [-0.4, -0.2) is 21.7 Å². The quantitative estimate of drug-likeness (QED) is 0.633. The van der Waals surface area contributed by atoms with E-state index in [-0.39, 0.29) is 5.75 Å². The molecule has 0 aliphatic carbocycles. The van der Waals surface area contributed by atoms with E-state index in [0.29, 0.717) is 18.5 Å². The highest BCUT2D eigenvalue weighted by molar-refractivity contribution is 5.89. The number of fused-ring (bicyclic) bond motifs is 1. The standard InChI is InChI=1S/C12H16N2O2/c1-7-11(9(15)5-6-13)8-3-2-4-10(16)12(8)14-7/h2-4,9,14-16H,5-6,13H2,1H3. The van der Waals surface area contributed by atoms with Gasteiger partial charge in [-0.3, -0.25) is 0 Å². The van der Waals surface area contributed by atoms with Gasteiger partial charge >= 0.3 is 0 Å². The van der Waals surface area contributed by atoms with Crippen molar-refractivity contribution >= 4 is 10.9 Å². The van der Waals surface area contributed by atoms with Crippen molar-refractivity contribution in [3.8, 4) is 5.75 Å². The van der Waals surface area contributed by atoms with Crippen molar-refractivity contribution in [1.82, 2.24) is 4.98 Å². The summed E-state index contributed by atoms with van der Waals surface area (Å²) in [5.74, 6) is 0.201. The maximum absolute atomic E-state index is 10.00. The molecule has 0 fully saturated rings. The van der Waals surface area contributed by atoms with Crippen molar-refractivity contribution in [2.24, 2.45) is 5.73 Å². The van der Waals surface area contributed by atoms with E-state index in [9.17, 15) is 10.2 Å². The number of nitrogens with two attached hydrogens (primary N) is 1. The lowest BCUT2D eigenvalue weighted by molar-refractivity contribution is 0.171. The molecule has 0 radical (unpaired) electrons. The molecule has 1 heterocycles. The molecule has 86 valence electrons. The van der Waals surface area contributed by atoms with Crippen molar-refractivity contribution < 1.29 is 10.2 Å². The number of hydrogen-bond donors (Lipinski definition) is 4.